The van der Waals surface area contributed by atoms with Gasteiger partial charge in [0.15, 0.2) is 21.3 Å². The van der Waals surface area contributed by atoms with Gasteiger partial charge in [-0.3, -0.25) is 10.1 Å². The fourth-order valence-electron chi connectivity index (χ4n) is 3.91. The van der Waals surface area contributed by atoms with E-state index >= 15 is 0 Å². The highest BCUT2D eigenvalue weighted by atomic mass is 35.5. The third-order valence-corrected chi connectivity index (χ3v) is 7.95. The van der Waals surface area contributed by atoms with Crippen LogP contribution in [0.3, 0.4) is 0 Å². The van der Waals surface area contributed by atoms with Crippen molar-refractivity contribution in [3.05, 3.63) is 22.7 Å². The van der Waals surface area contributed by atoms with E-state index in [0.717, 1.165) is 18.4 Å². The molecule has 10 heteroatoms. The Balaban J connectivity index is 1.26. The summed E-state index contributed by atoms with van der Waals surface area (Å²) in [6.45, 7) is 1.43. The molecule has 2 fully saturated rings. The summed E-state index contributed by atoms with van der Waals surface area (Å²) in [7, 11) is -3.27. The molecule has 1 aliphatic carbocycles. The summed E-state index contributed by atoms with van der Waals surface area (Å²) in [5.74, 6) is 1.25. The van der Waals surface area contributed by atoms with Gasteiger partial charge in [0.1, 0.15) is 6.54 Å². The maximum atomic E-state index is 12.7. The number of sulfone groups is 1. The van der Waals surface area contributed by atoms with Crippen LogP contribution in [0.4, 0.5) is 4.79 Å². The molecule has 3 aliphatic rings. The van der Waals surface area contributed by atoms with Gasteiger partial charge in [-0.25, -0.2) is 13.2 Å². The number of nitrogens with one attached hydrogen (secondary N) is 1. The summed E-state index contributed by atoms with van der Waals surface area (Å²) in [4.78, 5) is 24.1. The number of urea groups is 1. The van der Waals surface area contributed by atoms with Crippen molar-refractivity contribution >= 4 is 33.4 Å². The summed E-state index contributed by atoms with van der Waals surface area (Å²) in [5.41, 5.74) is 0.837. The molecule has 0 spiro atoms. The largest absolute Gasteiger partial charge is 0.489 e. The first-order chi connectivity index (χ1) is 14.8. The van der Waals surface area contributed by atoms with Crippen molar-refractivity contribution in [2.45, 2.75) is 38.0 Å². The topological polar surface area (TPSA) is 102 Å². The summed E-state index contributed by atoms with van der Waals surface area (Å²) >= 11 is 6.28. The molecule has 4 rings (SSSR count). The molecule has 1 aromatic rings. The lowest BCUT2D eigenvalue weighted by molar-refractivity contribution is -0.118. The number of carbonyl (C=O) groups excluding carboxylic acids is 2. The summed E-state index contributed by atoms with van der Waals surface area (Å²) in [5, 5.41) is 2.71. The van der Waals surface area contributed by atoms with Crippen molar-refractivity contribution in [1.29, 1.82) is 0 Å². The predicted octanol–water partition coefficient (Wildman–Crippen LogP) is 2.74. The monoisotopic (exact) mass is 470 g/mol. The molecular weight excluding hydrogens is 444 g/mol. The molecule has 1 aromatic carbocycles. The summed E-state index contributed by atoms with van der Waals surface area (Å²) in [6.07, 6.45) is 4.17. The third-order valence-electron chi connectivity index (χ3n) is 5.83. The van der Waals surface area contributed by atoms with Crippen molar-refractivity contribution < 1.29 is 27.5 Å². The Hall–Kier alpha value is -2.00. The lowest BCUT2D eigenvalue weighted by Gasteiger charge is -2.13. The number of carbonyl (C=O) groups is 2. The first kappa shape index (κ1) is 22.2. The van der Waals surface area contributed by atoms with E-state index in [9.17, 15) is 18.0 Å². The van der Waals surface area contributed by atoms with E-state index in [0.29, 0.717) is 61.5 Å². The van der Waals surface area contributed by atoms with Crippen molar-refractivity contribution in [2.75, 3.05) is 37.8 Å². The van der Waals surface area contributed by atoms with Gasteiger partial charge in [0.25, 0.3) is 0 Å². The second-order valence-corrected chi connectivity index (χ2v) is 11.1. The minimum absolute atomic E-state index is 0.0206. The molecule has 3 amide bonds. The second-order valence-electron chi connectivity index (χ2n) is 8.51. The average molecular weight is 471 g/mol. The summed E-state index contributed by atoms with van der Waals surface area (Å²) in [6, 6.07) is 3.20. The van der Waals surface area contributed by atoms with E-state index in [2.05, 4.69) is 5.32 Å². The van der Waals surface area contributed by atoms with E-state index < -0.39 is 9.84 Å². The molecule has 0 aromatic heterocycles. The van der Waals surface area contributed by atoms with Crippen LogP contribution in [0.15, 0.2) is 12.1 Å². The number of halogens is 1. The van der Waals surface area contributed by atoms with Crippen molar-refractivity contribution in [1.82, 2.24) is 10.2 Å². The van der Waals surface area contributed by atoms with Crippen molar-refractivity contribution in [3.63, 3.8) is 0 Å². The van der Waals surface area contributed by atoms with Gasteiger partial charge in [-0.05, 0) is 37.7 Å². The minimum Gasteiger partial charge on any atom is -0.489 e. The van der Waals surface area contributed by atoms with Crippen LogP contribution in [0, 0.1) is 5.92 Å². The lowest BCUT2D eigenvalue weighted by Crippen LogP contribution is -2.29. The highest BCUT2D eigenvalue weighted by Gasteiger charge is 2.33. The zero-order valence-electron chi connectivity index (χ0n) is 17.3. The molecule has 1 atom stereocenters. The maximum absolute atomic E-state index is 12.7. The van der Waals surface area contributed by atoms with Gasteiger partial charge in [-0.1, -0.05) is 24.1 Å². The Labute approximate surface area is 187 Å². The van der Waals surface area contributed by atoms with Gasteiger partial charge < -0.3 is 14.4 Å². The van der Waals surface area contributed by atoms with Crippen LogP contribution in [-0.2, 0) is 14.6 Å². The van der Waals surface area contributed by atoms with Gasteiger partial charge in [0, 0.05) is 18.0 Å². The SMILES string of the molecule is O=C1CN(CCCCCS(=O)(=O)CC2COc3c2ccc(Cl)c3OCC2CC2)C(=O)N1. The highest BCUT2D eigenvalue weighted by Crippen LogP contribution is 2.46. The Morgan fingerprint density at radius 1 is 1.19 bits per heavy atom. The Kier molecular flexibility index (Phi) is 6.62. The average Bonchev–Trinajstić information content (AvgIpc) is 3.37. The fourth-order valence-corrected chi connectivity index (χ4v) is 5.81. The fraction of sp³-hybridized carbons (Fsp3) is 0.619. The van der Waals surface area contributed by atoms with E-state index in [1.54, 1.807) is 6.07 Å². The molecular formula is C21H27ClN2O6S. The number of hydrogen-bond acceptors (Lipinski definition) is 6. The number of benzene rings is 1. The van der Waals surface area contributed by atoms with Crippen LogP contribution in [0.25, 0.3) is 0 Å². The number of amides is 3. The van der Waals surface area contributed by atoms with Gasteiger partial charge in [0.2, 0.25) is 5.91 Å². The predicted molar refractivity (Wildman–Crippen MR) is 116 cm³/mol. The van der Waals surface area contributed by atoms with Crippen LogP contribution >= 0.6 is 11.6 Å². The molecule has 1 saturated heterocycles. The Morgan fingerprint density at radius 2 is 2.00 bits per heavy atom. The number of unbranched alkanes of at least 4 members (excludes halogenated alkanes) is 2. The minimum atomic E-state index is -3.27. The molecule has 8 nitrogen and oxygen atoms in total. The number of imide groups is 1. The van der Waals surface area contributed by atoms with Crippen LogP contribution in [-0.4, -0.2) is 63.1 Å². The molecule has 0 radical (unpaired) electrons. The Morgan fingerprint density at radius 3 is 2.71 bits per heavy atom. The maximum Gasteiger partial charge on any atom is 0.324 e. The molecule has 0 bridgehead atoms. The first-order valence-electron chi connectivity index (χ1n) is 10.7. The number of fused-ring (bicyclic) bond motifs is 1. The normalized spacial score (nSPS) is 20.5. The molecule has 1 unspecified atom stereocenters. The smallest absolute Gasteiger partial charge is 0.324 e. The zero-order chi connectivity index (χ0) is 22.0. The van der Waals surface area contributed by atoms with Crippen LogP contribution in [0.2, 0.25) is 5.02 Å². The van der Waals surface area contributed by atoms with E-state index in [1.165, 1.54) is 4.90 Å². The number of hydrogen-bond donors (Lipinski definition) is 1. The summed E-state index contributed by atoms with van der Waals surface area (Å²) < 4.78 is 37.0. The Bertz CT molecular complexity index is 963. The van der Waals surface area contributed by atoms with Crippen molar-refractivity contribution in [3.8, 4) is 11.5 Å². The van der Waals surface area contributed by atoms with Crippen molar-refractivity contribution in [2.24, 2.45) is 5.92 Å². The molecule has 1 N–H and O–H groups in total. The highest BCUT2D eigenvalue weighted by molar-refractivity contribution is 7.91. The molecule has 2 aliphatic heterocycles. The number of nitrogens with zero attached hydrogens (tertiary/aromatic N) is 1. The van der Waals surface area contributed by atoms with Gasteiger partial charge in [0.05, 0.1) is 29.7 Å². The van der Waals surface area contributed by atoms with Crippen LogP contribution < -0.4 is 14.8 Å². The number of ether oxygens (including phenoxy) is 2. The zero-order valence-corrected chi connectivity index (χ0v) is 18.8. The van der Waals surface area contributed by atoms with Gasteiger partial charge >= 0.3 is 6.03 Å². The third kappa shape index (κ3) is 5.63. The molecule has 1 saturated carbocycles. The lowest BCUT2D eigenvalue weighted by atomic mass is 10.0. The van der Waals surface area contributed by atoms with E-state index in [1.807, 2.05) is 6.07 Å². The second kappa shape index (κ2) is 9.24. The number of rotatable bonds is 11. The molecule has 31 heavy (non-hydrogen) atoms. The van der Waals surface area contributed by atoms with E-state index in [4.69, 9.17) is 21.1 Å². The van der Waals surface area contributed by atoms with E-state index in [-0.39, 0.29) is 35.9 Å². The van der Waals surface area contributed by atoms with Gasteiger partial charge in [-0.2, -0.15) is 0 Å². The van der Waals surface area contributed by atoms with Crippen LogP contribution in [0.1, 0.15) is 43.6 Å². The first-order valence-corrected chi connectivity index (χ1v) is 12.9. The quantitative estimate of drug-likeness (QED) is 0.394. The molecule has 170 valence electrons. The molecule has 2 heterocycles. The van der Waals surface area contributed by atoms with Crippen LogP contribution in [0.5, 0.6) is 11.5 Å². The van der Waals surface area contributed by atoms with Gasteiger partial charge in [-0.15, -0.1) is 0 Å². The standard InChI is InChI=1S/C21H27ClN2O6S/c22-17-7-6-16-15(12-30-19(16)20(17)29-11-14-4-5-14)13-31(27,28)9-3-1-2-8-24-10-18(25)23-21(24)26/h6-7,14-15H,1-5,8-13H2,(H,23,25,26).